The molecule has 0 spiro atoms. The van der Waals surface area contributed by atoms with Crippen molar-refractivity contribution in [2.45, 2.75) is 0 Å². The Morgan fingerprint density at radius 1 is 0.833 bits per heavy atom. The molecule has 0 saturated heterocycles. The number of aromatic nitrogens is 2. The fourth-order valence-corrected chi connectivity index (χ4v) is 0.776. The molecule has 0 saturated carbocycles. The lowest BCUT2D eigenvalue weighted by atomic mass is 10.5. The third-order valence-corrected chi connectivity index (χ3v) is 1.54. The van der Waals surface area contributed by atoms with Crippen LogP contribution in [-0.4, -0.2) is 38.2 Å². The summed E-state index contributed by atoms with van der Waals surface area (Å²) in [5.41, 5.74) is 0. The van der Waals surface area contributed by atoms with E-state index in [0.717, 1.165) is 11.6 Å². The largest absolute Gasteiger partial charge is 0.361 e. The molecule has 0 unspecified atom stereocenters. The Morgan fingerprint density at radius 2 is 1.17 bits per heavy atom. The first kappa shape index (κ1) is 8.77. The summed E-state index contributed by atoms with van der Waals surface area (Å²) in [5, 5.41) is 0. The Kier molecular flexibility index (Phi) is 2.47. The molecular formula is C8H14N4. The Morgan fingerprint density at radius 3 is 1.33 bits per heavy atom. The number of hydrogen-bond donors (Lipinski definition) is 0. The van der Waals surface area contributed by atoms with Crippen LogP contribution in [0.4, 0.5) is 11.6 Å². The van der Waals surface area contributed by atoms with E-state index >= 15 is 0 Å². The van der Waals surface area contributed by atoms with Gasteiger partial charge in [-0.05, 0) is 0 Å². The van der Waals surface area contributed by atoms with E-state index in [9.17, 15) is 0 Å². The van der Waals surface area contributed by atoms with Crippen LogP contribution < -0.4 is 9.80 Å². The highest BCUT2D eigenvalue weighted by molar-refractivity contribution is 5.40. The molecule has 0 N–H and O–H groups in total. The number of anilines is 2. The third-order valence-electron chi connectivity index (χ3n) is 1.54. The zero-order chi connectivity index (χ0) is 9.14. The van der Waals surface area contributed by atoms with Crippen LogP contribution in [0.2, 0.25) is 0 Å². The van der Waals surface area contributed by atoms with Gasteiger partial charge in [-0.2, -0.15) is 0 Å². The smallest absolute Gasteiger partial charge is 0.146 e. The second kappa shape index (κ2) is 3.38. The van der Waals surface area contributed by atoms with Gasteiger partial charge in [0, 0.05) is 28.2 Å². The van der Waals surface area contributed by atoms with E-state index in [1.54, 1.807) is 12.4 Å². The first-order valence-electron chi connectivity index (χ1n) is 3.78. The van der Waals surface area contributed by atoms with Crippen LogP contribution in [0, 0.1) is 0 Å². The van der Waals surface area contributed by atoms with E-state index in [-0.39, 0.29) is 0 Å². The molecule has 0 aliphatic rings. The molecule has 4 heteroatoms. The van der Waals surface area contributed by atoms with E-state index in [2.05, 4.69) is 9.97 Å². The molecule has 0 fully saturated rings. The number of rotatable bonds is 2. The maximum absolute atomic E-state index is 4.22. The lowest BCUT2D eigenvalue weighted by molar-refractivity contribution is 1.000. The average Bonchev–Trinajstić information content (AvgIpc) is 2.04. The van der Waals surface area contributed by atoms with Crippen molar-refractivity contribution in [3.8, 4) is 0 Å². The summed E-state index contributed by atoms with van der Waals surface area (Å²) >= 11 is 0. The SMILES string of the molecule is CN(C)c1cnc(N(C)C)cn1. The van der Waals surface area contributed by atoms with Crippen LogP contribution >= 0.6 is 0 Å². The van der Waals surface area contributed by atoms with Crippen molar-refractivity contribution in [2.24, 2.45) is 0 Å². The molecule has 1 rings (SSSR count). The highest BCUT2D eigenvalue weighted by Gasteiger charge is 1.99. The second-order valence-electron chi connectivity index (χ2n) is 3.02. The molecular weight excluding hydrogens is 152 g/mol. The zero-order valence-electron chi connectivity index (χ0n) is 7.94. The standard InChI is InChI=1S/C8H14N4/c1-11(2)7-5-10-8(6-9-7)12(3)4/h5-6H,1-4H3. The summed E-state index contributed by atoms with van der Waals surface area (Å²) in [6, 6.07) is 0. The lowest BCUT2D eigenvalue weighted by Gasteiger charge is -2.13. The molecule has 1 aromatic rings. The molecule has 0 aliphatic heterocycles. The van der Waals surface area contributed by atoms with Gasteiger partial charge >= 0.3 is 0 Å². The topological polar surface area (TPSA) is 32.3 Å². The van der Waals surface area contributed by atoms with Crippen molar-refractivity contribution in [2.75, 3.05) is 38.0 Å². The summed E-state index contributed by atoms with van der Waals surface area (Å²) in [7, 11) is 7.78. The van der Waals surface area contributed by atoms with Crippen LogP contribution in [0.1, 0.15) is 0 Å². The molecule has 0 bridgehead atoms. The highest BCUT2D eigenvalue weighted by Crippen LogP contribution is 2.08. The minimum absolute atomic E-state index is 0.876. The van der Waals surface area contributed by atoms with Gasteiger partial charge in [-0.25, -0.2) is 9.97 Å². The van der Waals surface area contributed by atoms with Gasteiger partial charge < -0.3 is 9.80 Å². The van der Waals surface area contributed by atoms with E-state index < -0.39 is 0 Å². The first-order chi connectivity index (χ1) is 5.61. The van der Waals surface area contributed by atoms with Gasteiger partial charge in [0.15, 0.2) is 0 Å². The van der Waals surface area contributed by atoms with Crippen LogP contribution in [0.25, 0.3) is 0 Å². The summed E-state index contributed by atoms with van der Waals surface area (Å²) in [6.07, 6.45) is 3.52. The van der Waals surface area contributed by atoms with Gasteiger partial charge in [0.25, 0.3) is 0 Å². The molecule has 1 aromatic heterocycles. The van der Waals surface area contributed by atoms with Crippen LogP contribution in [0.15, 0.2) is 12.4 Å². The Hall–Kier alpha value is -1.32. The van der Waals surface area contributed by atoms with E-state index in [1.807, 2.05) is 38.0 Å². The predicted molar refractivity (Wildman–Crippen MR) is 50.7 cm³/mol. The van der Waals surface area contributed by atoms with Gasteiger partial charge in [0.05, 0.1) is 12.4 Å². The van der Waals surface area contributed by atoms with Crippen molar-refractivity contribution in [1.82, 2.24) is 9.97 Å². The van der Waals surface area contributed by atoms with E-state index in [0.29, 0.717) is 0 Å². The summed E-state index contributed by atoms with van der Waals surface area (Å²) in [6.45, 7) is 0. The Bertz CT molecular complexity index is 213. The summed E-state index contributed by atoms with van der Waals surface area (Å²) in [4.78, 5) is 12.3. The van der Waals surface area contributed by atoms with Gasteiger partial charge in [0.2, 0.25) is 0 Å². The van der Waals surface area contributed by atoms with Crippen LogP contribution in [0.3, 0.4) is 0 Å². The maximum atomic E-state index is 4.22. The van der Waals surface area contributed by atoms with Crippen molar-refractivity contribution in [3.05, 3.63) is 12.4 Å². The molecule has 0 radical (unpaired) electrons. The lowest BCUT2D eigenvalue weighted by Crippen LogP contribution is -2.14. The van der Waals surface area contributed by atoms with Gasteiger partial charge in [-0.1, -0.05) is 0 Å². The van der Waals surface area contributed by atoms with E-state index in [4.69, 9.17) is 0 Å². The fraction of sp³-hybridized carbons (Fsp3) is 0.500. The minimum Gasteiger partial charge on any atom is -0.361 e. The zero-order valence-corrected chi connectivity index (χ0v) is 7.94. The monoisotopic (exact) mass is 166 g/mol. The third kappa shape index (κ3) is 1.84. The van der Waals surface area contributed by atoms with Gasteiger partial charge in [0.1, 0.15) is 11.6 Å². The summed E-state index contributed by atoms with van der Waals surface area (Å²) < 4.78 is 0. The molecule has 0 aromatic carbocycles. The summed E-state index contributed by atoms with van der Waals surface area (Å²) in [5.74, 6) is 1.75. The predicted octanol–water partition coefficient (Wildman–Crippen LogP) is 0.609. The van der Waals surface area contributed by atoms with Crippen molar-refractivity contribution < 1.29 is 0 Å². The number of nitrogens with zero attached hydrogens (tertiary/aromatic N) is 4. The molecule has 0 amide bonds. The second-order valence-corrected chi connectivity index (χ2v) is 3.02. The minimum atomic E-state index is 0.876. The van der Waals surface area contributed by atoms with Gasteiger partial charge in [-0.3, -0.25) is 0 Å². The molecule has 4 nitrogen and oxygen atoms in total. The highest BCUT2D eigenvalue weighted by atomic mass is 15.2. The first-order valence-corrected chi connectivity index (χ1v) is 3.78. The molecule has 66 valence electrons. The molecule has 1 heterocycles. The normalized spacial score (nSPS) is 9.67. The Balaban J connectivity index is 2.86. The van der Waals surface area contributed by atoms with Gasteiger partial charge in [-0.15, -0.1) is 0 Å². The van der Waals surface area contributed by atoms with Crippen molar-refractivity contribution in [1.29, 1.82) is 0 Å². The average molecular weight is 166 g/mol. The van der Waals surface area contributed by atoms with Crippen LogP contribution in [0.5, 0.6) is 0 Å². The van der Waals surface area contributed by atoms with E-state index in [1.165, 1.54) is 0 Å². The van der Waals surface area contributed by atoms with Crippen LogP contribution in [-0.2, 0) is 0 Å². The van der Waals surface area contributed by atoms with Crippen molar-refractivity contribution in [3.63, 3.8) is 0 Å². The van der Waals surface area contributed by atoms with Crippen molar-refractivity contribution >= 4 is 11.6 Å². The quantitative estimate of drug-likeness (QED) is 0.644. The maximum Gasteiger partial charge on any atom is 0.146 e. The fourth-order valence-electron chi connectivity index (χ4n) is 0.776. The molecule has 12 heavy (non-hydrogen) atoms. The Labute approximate surface area is 72.9 Å². The molecule has 0 aliphatic carbocycles. The number of hydrogen-bond acceptors (Lipinski definition) is 4. The molecule has 0 atom stereocenters.